The van der Waals surface area contributed by atoms with Crippen LogP contribution in [0.5, 0.6) is 0 Å². The fraction of sp³-hybridized carbons (Fsp3) is 0.500. The van der Waals surface area contributed by atoms with Gasteiger partial charge in [-0.25, -0.2) is 0 Å². The lowest BCUT2D eigenvalue weighted by atomic mass is 10.1. The minimum absolute atomic E-state index is 0.0342. The van der Waals surface area contributed by atoms with E-state index >= 15 is 0 Å². The molecule has 1 heterocycles. The molecule has 0 spiro atoms. The van der Waals surface area contributed by atoms with Crippen LogP contribution in [0.1, 0.15) is 31.0 Å². The second kappa shape index (κ2) is 3.44. The van der Waals surface area contributed by atoms with Gasteiger partial charge in [0.1, 0.15) is 0 Å². The highest BCUT2D eigenvalue weighted by atomic mass is 16.3. The fourth-order valence-corrected chi connectivity index (χ4v) is 0.821. The van der Waals surface area contributed by atoms with Crippen molar-refractivity contribution in [3.8, 4) is 0 Å². The highest BCUT2D eigenvalue weighted by Crippen LogP contribution is 2.12. The largest absolute Gasteiger partial charge is 0.390 e. The lowest BCUT2D eigenvalue weighted by Crippen LogP contribution is -1.96. The van der Waals surface area contributed by atoms with E-state index in [0.717, 1.165) is 5.56 Å². The van der Waals surface area contributed by atoms with Gasteiger partial charge in [-0.3, -0.25) is 0 Å². The molecule has 3 heteroatoms. The summed E-state index contributed by atoms with van der Waals surface area (Å²) < 4.78 is 0. The molecule has 0 atom stereocenters. The van der Waals surface area contributed by atoms with Crippen molar-refractivity contribution < 1.29 is 5.11 Å². The topological polar surface area (TPSA) is 46.0 Å². The molecule has 0 aliphatic carbocycles. The highest BCUT2D eigenvalue weighted by molar-refractivity contribution is 5.15. The molecule has 0 unspecified atom stereocenters. The molecule has 0 aliphatic rings. The summed E-state index contributed by atoms with van der Waals surface area (Å²) in [5.74, 6) is 0.441. The van der Waals surface area contributed by atoms with Gasteiger partial charge >= 0.3 is 0 Å². The monoisotopic (exact) mass is 152 g/mol. The molecule has 60 valence electrons. The van der Waals surface area contributed by atoms with Crippen molar-refractivity contribution in [1.29, 1.82) is 0 Å². The van der Waals surface area contributed by atoms with Crippen LogP contribution in [0.25, 0.3) is 0 Å². The summed E-state index contributed by atoms with van der Waals surface area (Å²) in [4.78, 5) is 0. The molecule has 1 N–H and O–H groups in total. The quantitative estimate of drug-likeness (QED) is 0.690. The summed E-state index contributed by atoms with van der Waals surface area (Å²) in [5, 5.41) is 16.2. The first-order chi connectivity index (χ1) is 5.24. The molecule has 0 bridgehead atoms. The molecule has 1 aromatic rings. The number of hydrogen-bond acceptors (Lipinski definition) is 3. The van der Waals surface area contributed by atoms with Gasteiger partial charge in [-0.05, 0) is 17.5 Å². The Morgan fingerprint density at radius 2 is 2.27 bits per heavy atom. The van der Waals surface area contributed by atoms with E-state index in [1.807, 2.05) is 6.07 Å². The summed E-state index contributed by atoms with van der Waals surface area (Å²) in [5.41, 5.74) is 1.75. The first kappa shape index (κ1) is 8.14. The van der Waals surface area contributed by atoms with Crippen molar-refractivity contribution in [2.45, 2.75) is 26.4 Å². The molecule has 0 aromatic carbocycles. The first-order valence-electron chi connectivity index (χ1n) is 3.66. The molecule has 0 amide bonds. The Balaban J connectivity index is 2.91. The average Bonchev–Trinajstić information content (AvgIpc) is 2.05. The van der Waals surface area contributed by atoms with Crippen molar-refractivity contribution in [3.63, 3.8) is 0 Å². The van der Waals surface area contributed by atoms with Gasteiger partial charge in [-0.15, -0.1) is 0 Å². The number of rotatable bonds is 2. The predicted molar refractivity (Wildman–Crippen MR) is 42.0 cm³/mol. The van der Waals surface area contributed by atoms with Crippen LogP contribution in [0.15, 0.2) is 12.3 Å². The maximum absolute atomic E-state index is 8.74. The number of aliphatic hydroxyl groups excluding tert-OH is 1. The van der Waals surface area contributed by atoms with Crippen LogP contribution in [-0.4, -0.2) is 15.3 Å². The third-order valence-electron chi connectivity index (χ3n) is 1.55. The van der Waals surface area contributed by atoms with Crippen LogP contribution in [0, 0.1) is 0 Å². The van der Waals surface area contributed by atoms with Crippen molar-refractivity contribution in [2.75, 3.05) is 0 Å². The number of nitrogens with zero attached hydrogens (tertiary/aromatic N) is 2. The van der Waals surface area contributed by atoms with Crippen molar-refractivity contribution in [3.05, 3.63) is 23.5 Å². The lowest BCUT2D eigenvalue weighted by molar-refractivity contribution is 0.275. The molecule has 1 aromatic heterocycles. The zero-order chi connectivity index (χ0) is 8.27. The van der Waals surface area contributed by atoms with Crippen molar-refractivity contribution in [2.24, 2.45) is 0 Å². The van der Waals surface area contributed by atoms with E-state index < -0.39 is 0 Å². The van der Waals surface area contributed by atoms with Crippen LogP contribution in [0.2, 0.25) is 0 Å². The van der Waals surface area contributed by atoms with Gasteiger partial charge in [0, 0.05) is 0 Å². The number of hydrogen-bond donors (Lipinski definition) is 1. The van der Waals surface area contributed by atoms with Crippen LogP contribution < -0.4 is 0 Å². The standard InChI is InChI=1S/C8H12N2O/c1-6(2)7-3-8(5-11)10-9-4-7/h3-4,6,11H,5H2,1-2H3. The maximum atomic E-state index is 8.74. The summed E-state index contributed by atoms with van der Waals surface area (Å²) in [6.07, 6.45) is 1.73. The molecule has 0 radical (unpaired) electrons. The summed E-state index contributed by atoms with van der Waals surface area (Å²) in [6, 6.07) is 1.87. The van der Waals surface area contributed by atoms with E-state index in [2.05, 4.69) is 24.0 Å². The van der Waals surface area contributed by atoms with Crippen molar-refractivity contribution in [1.82, 2.24) is 10.2 Å². The molecule has 3 nitrogen and oxygen atoms in total. The average molecular weight is 152 g/mol. The van der Waals surface area contributed by atoms with Gasteiger partial charge in [0.2, 0.25) is 0 Å². The molecular weight excluding hydrogens is 140 g/mol. The fourth-order valence-electron chi connectivity index (χ4n) is 0.821. The Bertz CT molecular complexity index is 235. The van der Waals surface area contributed by atoms with Gasteiger partial charge in [0.25, 0.3) is 0 Å². The second-order valence-corrected chi connectivity index (χ2v) is 2.79. The predicted octanol–water partition coefficient (Wildman–Crippen LogP) is 1.09. The van der Waals surface area contributed by atoms with Gasteiger partial charge < -0.3 is 5.11 Å². The summed E-state index contributed by atoms with van der Waals surface area (Å²) >= 11 is 0. The number of aromatic nitrogens is 2. The zero-order valence-electron chi connectivity index (χ0n) is 6.78. The zero-order valence-corrected chi connectivity index (χ0v) is 6.78. The third kappa shape index (κ3) is 1.98. The Morgan fingerprint density at radius 1 is 1.55 bits per heavy atom. The summed E-state index contributed by atoms with van der Waals surface area (Å²) in [7, 11) is 0. The Kier molecular flexibility index (Phi) is 2.54. The van der Waals surface area contributed by atoms with E-state index in [9.17, 15) is 0 Å². The van der Waals surface area contributed by atoms with Crippen LogP contribution in [0.3, 0.4) is 0 Å². The minimum atomic E-state index is -0.0342. The molecule has 1 rings (SSSR count). The Hall–Kier alpha value is -0.960. The normalized spacial score (nSPS) is 10.5. The van der Waals surface area contributed by atoms with Crippen LogP contribution >= 0.6 is 0 Å². The molecular formula is C8H12N2O. The van der Waals surface area contributed by atoms with Gasteiger partial charge in [-0.1, -0.05) is 13.8 Å². The minimum Gasteiger partial charge on any atom is -0.390 e. The van der Waals surface area contributed by atoms with E-state index in [1.54, 1.807) is 6.20 Å². The number of aliphatic hydroxyl groups is 1. The third-order valence-corrected chi connectivity index (χ3v) is 1.55. The molecule has 11 heavy (non-hydrogen) atoms. The van der Waals surface area contributed by atoms with Crippen molar-refractivity contribution >= 4 is 0 Å². The highest BCUT2D eigenvalue weighted by Gasteiger charge is 2.00. The van der Waals surface area contributed by atoms with E-state index in [4.69, 9.17) is 5.11 Å². The van der Waals surface area contributed by atoms with E-state index in [0.29, 0.717) is 11.6 Å². The van der Waals surface area contributed by atoms with E-state index in [1.165, 1.54) is 0 Å². The van der Waals surface area contributed by atoms with Gasteiger partial charge in [-0.2, -0.15) is 10.2 Å². The SMILES string of the molecule is CC(C)c1cnnc(CO)c1. The molecule has 0 aliphatic heterocycles. The van der Waals surface area contributed by atoms with Crippen LogP contribution in [0.4, 0.5) is 0 Å². The molecule has 0 saturated heterocycles. The Morgan fingerprint density at radius 3 is 2.82 bits per heavy atom. The molecule has 0 fully saturated rings. The smallest absolute Gasteiger partial charge is 0.0888 e. The molecule has 0 saturated carbocycles. The summed E-state index contributed by atoms with van der Waals surface area (Å²) in [6.45, 7) is 4.13. The van der Waals surface area contributed by atoms with Gasteiger partial charge in [0.05, 0.1) is 18.5 Å². The Labute approximate surface area is 66.1 Å². The first-order valence-corrected chi connectivity index (χ1v) is 3.66. The maximum Gasteiger partial charge on any atom is 0.0888 e. The van der Waals surface area contributed by atoms with Crippen LogP contribution in [-0.2, 0) is 6.61 Å². The van der Waals surface area contributed by atoms with E-state index in [-0.39, 0.29) is 6.61 Å². The van der Waals surface area contributed by atoms with Gasteiger partial charge in [0.15, 0.2) is 0 Å². The lowest BCUT2D eigenvalue weighted by Gasteiger charge is -2.03. The second-order valence-electron chi connectivity index (χ2n) is 2.79.